The Bertz CT molecular complexity index is 584. The number of carbonyl (C=O) groups is 1. The smallest absolute Gasteiger partial charge is 0.371 e. The van der Waals surface area contributed by atoms with E-state index in [1.165, 1.54) is 12.5 Å². The number of hydrogen-bond donors (Lipinski definition) is 2. The zero-order valence-corrected chi connectivity index (χ0v) is 12.9. The van der Waals surface area contributed by atoms with Crippen LogP contribution in [0.1, 0.15) is 56.0 Å². The van der Waals surface area contributed by atoms with Gasteiger partial charge in [0.1, 0.15) is 0 Å². The number of carboxylic acids is 1. The Hall–Kier alpha value is -1.34. The molecular formula is C14H21NO5S. The molecule has 1 aromatic heterocycles. The summed E-state index contributed by atoms with van der Waals surface area (Å²) in [5.74, 6) is -0.962. The number of rotatable bonds is 6. The average Bonchev–Trinajstić information content (AvgIpc) is 2.92. The second-order valence-electron chi connectivity index (χ2n) is 5.55. The summed E-state index contributed by atoms with van der Waals surface area (Å²) in [6.45, 7) is 2.16. The van der Waals surface area contributed by atoms with Gasteiger partial charge in [-0.1, -0.05) is 19.8 Å². The Balaban J connectivity index is 1.96. The van der Waals surface area contributed by atoms with E-state index < -0.39 is 16.0 Å². The van der Waals surface area contributed by atoms with Gasteiger partial charge < -0.3 is 9.52 Å². The molecule has 0 aliphatic heterocycles. The number of aromatic carboxylic acids is 1. The maximum atomic E-state index is 12.1. The first-order chi connectivity index (χ1) is 9.92. The third-order valence-electron chi connectivity index (χ3n) is 3.92. The Morgan fingerprint density at radius 2 is 2.00 bits per heavy atom. The van der Waals surface area contributed by atoms with Crippen molar-refractivity contribution < 1.29 is 22.7 Å². The van der Waals surface area contributed by atoms with Crippen LogP contribution in [0.25, 0.3) is 0 Å². The minimum Gasteiger partial charge on any atom is -0.475 e. The van der Waals surface area contributed by atoms with Gasteiger partial charge in [0.05, 0.1) is 0 Å². The predicted molar refractivity (Wildman–Crippen MR) is 76.6 cm³/mol. The summed E-state index contributed by atoms with van der Waals surface area (Å²) in [4.78, 5) is 10.7. The zero-order chi connectivity index (χ0) is 15.5. The van der Waals surface area contributed by atoms with Crippen molar-refractivity contribution >= 4 is 16.0 Å². The maximum absolute atomic E-state index is 12.1. The molecule has 1 aromatic rings. The van der Waals surface area contributed by atoms with Crippen molar-refractivity contribution in [1.29, 1.82) is 0 Å². The van der Waals surface area contributed by atoms with Crippen LogP contribution in [0.2, 0.25) is 0 Å². The van der Waals surface area contributed by atoms with Crippen LogP contribution in [0.5, 0.6) is 0 Å². The fourth-order valence-electron chi connectivity index (χ4n) is 2.83. The molecule has 0 radical (unpaired) electrons. The van der Waals surface area contributed by atoms with Crippen LogP contribution in [0, 0.1) is 5.92 Å². The molecule has 1 fully saturated rings. The summed E-state index contributed by atoms with van der Waals surface area (Å²) in [6, 6.07) is 2.23. The quantitative estimate of drug-likeness (QED) is 0.841. The van der Waals surface area contributed by atoms with Gasteiger partial charge >= 0.3 is 5.97 Å². The van der Waals surface area contributed by atoms with E-state index in [4.69, 9.17) is 9.52 Å². The van der Waals surface area contributed by atoms with Gasteiger partial charge in [0.2, 0.25) is 10.9 Å². The van der Waals surface area contributed by atoms with E-state index >= 15 is 0 Å². The van der Waals surface area contributed by atoms with E-state index in [-0.39, 0.29) is 16.9 Å². The lowest BCUT2D eigenvalue weighted by molar-refractivity contribution is 0.0656. The third-order valence-corrected chi connectivity index (χ3v) is 5.32. The Kier molecular flexibility index (Phi) is 5.05. The monoisotopic (exact) mass is 315 g/mol. The molecule has 2 rings (SSSR count). The molecule has 1 saturated carbocycles. The van der Waals surface area contributed by atoms with Crippen LogP contribution in [0.4, 0.5) is 0 Å². The Morgan fingerprint density at radius 1 is 1.33 bits per heavy atom. The van der Waals surface area contributed by atoms with E-state index in [0.29, 0.717) is 5.92 Å². The van der Waals surface area contributed by atoms with Gasteiger partial charge in [-0.3, -0.25) is 0 Å². The molecule has 118 valence electrons. The van der Waals surface area contributed by atoms with Crippen molar-refractivity contribution in [2.75, 3.05) is 0 Å². The summed E-state index contributed by atoms with van der Waals surface area (Å²) < 4.78 is 31.8. The molecule has 6 nitrogen and oxygen atoms in total. The second kappa shape index (κ2) is 6.62. The lowest BCUT2D eigenvalue weighted by Crippen LogP contribution is -2.37. The molecule has 0 atom stereocenters. The van der Waals surface area contributed by atoms with Gasteiger partial charge in [-0.15, -0.1) is 0 Å². The number of nitrogens with one attached hydrogen (secondary N) is 1. The minimum absolute atomic E-state index is 0.0958. The van der Waals surface area contributed by atoms with Crippen LogP contribution in [0.15, 0.2) is 21.6 Å². The van der Waals surface area contributed by atoms with Crippen LogP contribution in [-0.4, -0.2) is 25.5 Å². The summed E-state index contributed by atoms with van der Waals surface area (Å²) in [7, 11) is -3.78. The molecule has 1 aliphatic carbocycles. The summed E-state index contributed by atoms with van der Waals surface area (Å²) in [5, 5.41) is 8.42. The number of hydrogen-bond acceptors (Lipinski definition) is 4. The van der Waals surface area contributed by atoms with Crippen LogP contribution in [0.3, 0.4) is 0 Å². The van der Waals surface area contributed by atoms with Crippen molar-refractivity contribution in [3.63, 3.8) is 0 Å². The van der Waals surface area contributed by atoms with E-state index in [0.717, 1.165) is 38.2 Å². The summed E-state index contributed by atoms with van der Waals surface area (Å²) in [6.07, 6.45) is 6.04. The highest BCUT2D eigenvalue weighted by Crippen LogP contribution is 2.28. The zero-order valence-electron chi connectivity index (χ0n) is 12.0. The normalized spacial score (nSPS) is 23.1. The van der Waals surface area contributed by atoms with Crippen molar-refractivity contribution in [3.8, 4) is 0 Å². The van der Waals surface area contributed by atoms with E-state index in [1.54, 1.807) is 0 Å². The summed E-state index contributed by atoms with van der Waals surface area (Å²) >= 11 is 0. The third kappa shape index (κ3) is 4.07. The minimum atomic E-state index is -3.78. The van der Waals surface area contributed by atoms with E-state index in [1.807, 2.05) is 0 Å². The van der Waals surface area contributed by atoms with Gasteiger partial charge in [-0.05, 0) is 43.7 Å². The van der Waals surface area contributed by atoms with E-state index in [2.05, 4.69) is 11.6 Å². The fraction of sp³-hybridized carbons (Fsp3) is 0.643. The molecule has 1 heterocycles. The Labute approximate surface area is 124 Å². The molecule has 0 spiro atoms. The highest BCUT2D eigenvalue weighted by atomic mass is 32.2. The van der Waals surface area contributed by atoms with Crippen molar-refractivity contribution in [3.05, 3.63) is 17.9 Å². The SMILES string of the molecule is CCCC1CCC(NS(=O)(=O)c2ccc(C(=O)O)o2)CC1. The highest BCUT2D eigenvalue weighted by molar-refractivity contribution is 7.89. The average molecular weight is 315 g/mol. The lowest BCUT2D eigenvalue weighted by Gasteiger charge is -2.28. The highest BCUT2D eigenvalue weighted by Gasteiger charge is 2.27. The topological polar surface area (TPSA) is 96.6 Å². The standard InChI is InChI=1S/C14H21NO5S/c1-2-3-10-4-6-11(7-5-10)15-21(18,19)13-9-8-12(20-13)14(16)17/h8-11,15H,2-7H2,1H3,(H,16,17). The molecule has 0 saturated heterocycles. The van der Waals surface area contributed by atoms with Crippen molar-refractivity contribution in [2.24, 2.45) is 5.92 Å². The van der Waals surface area contributed by atoms with Gasteiger partial charge in [-0.25, -0.2) is 17.9 Å². The molecule has 0 amide bonds. The first-order valence-corrected chi connectivity index (χ1v) is 8.76. The molecule has 0 bridgehead atoms. The van der Waals surface area contributed by atoms with Crippen LogP contribution < -0.4 is 4.72 Å². The molecule has 21 heavy (non-hydrogen) atoms. The first kappa shape index (κ1) is 16.0. The predicted octanol–water partition coefficient (Wildman–Crippen LogP) is 2.62. The fourth-order valence-corrected chi connectivity index (χ4v) is 4.07. The van der Waals surface area contributed by atoms with Crippen molar-refractivity contribution in [1.82, 2.24) is 4.72 Å². The van der Waals surface area contributed by atoms with Gasteiger partial charge in [0.25, 0.3) is 10.0 Å². The van der Waals surface area contributed by atoms with E-state index in [9.17, 15) is 13.2 Å². The molecule has 0 aromatic carbocycles. The van der Waals surface area contributed by atoms with Crippen LogP contribution in [-0.2, 0) is 10.0 Å². The molecule has 7 heteroatoms. The van der Waals surface area contributed by atoms with Crippen LogP contribution >= 0.6 is 0 Å². The number of sulfonamides is 1. The largest absolute Gasteiger partial charge is 0.475 e. The molecular weight excluding hydrogens is 294 g/mol. The van der Waals surface area contributed by atoms with Gasteiger partial charge in [-0.2, -0.15) is 0 Å². The maximum Gasteiger partial charge on any atom is 0.371 e. The first-order valence-electron chi connectivity index (χ1n) is 7.28. The Morgan fingerprint density at radius 3 is 2.52 bits per heavy atom. The van der Waals surface area contributed by atoms with Gasteiger partial charge in [0, 0.05) is 6.04 Å². The second-order valence-corrected chi connectivity index (χ2v) is 7.20. The molecule has 0 unspecified atom stereocenters. The molecule has 1 aliphatic rings. The number of carboxylic acid groups (broad SMARTS) is 1. The molecule has 2 N–H and O–H groups in total. The number of furan rings is 1. The van der Waals surface area contributed by atoms with Crippen molar-refractivity contribution in [2.45, 2.75) is 56.6 Å². The van der Waals surface area contributed by atoms with Gasteiger partial charge in [0.15, 0.2) is 0 Å². The summed E-state index contributed by atoms with van der Waals surface area (Å²) in [5.41, 5.74) is 0. The lowest BCUT2D eigenvalue weighted by atomic mass is 9.84.